The molecule has 0 aromatic heterocycles. The summed E-state index contributed by atoms with van der Waals surface area (Å²) in [5.41, 5.74) is 1.68. The third kappa shape index (κ3) is 4.32. The molecule has 0 saturated heterocycles. The summed E-state index contributed by atoms with van der Waals surface area (Å²) in [5.74, 6) is 0.269. The van der Waals surface area contributed by atoms with Crippen LogP contribution in [-0.2, 0) is 21.2 Å². The zero-order valence-corrected chi connectivity index (χ0v) is 17.6. The second-order valence-electron chi connectivity index (χ2n) is 6.45. The van der Waals surface area contributed by atoms with Gasteiger partial charge in [-0.2, -0.15) is 0 Å². The van der Waals surface area contributed by atoms with Gasteiger partial charge < -0.3 is 4.90 Å². The predicted molar refractivity (Wildman–Crippen MR) is 110 cm³/mol. The first-order chi connectivity index (χ1) is 12.8. The zero-order chi connectivity index (χ0) is 19.6. The number of rotatable bonds is 5. The number of hydrogen-bond donors (Lipinski definition) is 0. The molecule has 0 fully saturated rings. The van der Waals surface area contributed by atoms with Gasteiger partial charge in [-0.05, 0) is 48.7 Å². The van der Waals surface area contributed by atoms with E-state index in [1.807, 2.05) is 18.2 Å². The Bertz CT molecular complexity index is 961. The molecule has 144 valence electrons. The minimum atomic E-state index is -3.49. The third-order valence-electron chi connectivity index (χ3n) is 4.44. The number of benzene rings is 2. The highest BCUT2D eigenvalue weighted by Crippen LogP contribution is 2.32. The number of amides is 1. The molecule has 8 heteroatoms. The van der Waals surface area contributed by atoms with Crippen molar-refractivity contribution < 1.29 is 13.2 Å². The second-order valence-corrected chi connectivity index (χ2v) is 10.0. The molecule has 1 heterocycles. The maximum absolute atomic E-state index is 12.8. The topological polar surface area (TPSA) is 57.7 Å². The van der Waals surface area contributed by atoms with E-state index < -0.39 is 10.0 Å². The molecule has 2 aromatic rings. The third-order valence-corrected chi connectivity index (χ3v) is 7.75. The van der Waals surface area contributed by atoms with Gasteiger partial charge in [-0.3, -0.25) is 4.79 Å². The van der Waals surface area contributed by atoms with Crippen molar-refractivity contribution in [2.45, 2.75) is 22.6 Å². The molecule has 0 saturated carbocycles. The van der Waals surface area contributed by atoms with Crippen LogP contribution in [0.2, 0.25) is 5.02 Å². The minimum absolute atomic E-state index is 0.0101. The molecule has 0 unspecified atom stereocenters. The van der Waals surface area contributed by atoms with Crippen LogP contribution in [0.3, 0.4) is 0 Å². The SMILES string of the molecule is CN(C)S(=O)(=O)c1ccc2c(c1)CCCN2C(=O)CSc1ccccc1Cl. The summed E-state index contributed by atoms with van der Waals surface area (Å²) in [4.78, 5) is 15.6. The Balaban J connectivity index is 1.80. The summed E-state index contributed by atoms with van der Waals surface area (Å²) in [6.45, 7) is 0.634. The molecule has 0 spiro atoms. The van der Waals surface area contributed by atoms with Gasteiger partial charge in [0.25, 0.3) is 0 Å². The van der Waals surface area contributed by atoms with Crippen molar-refractivity contribution in [2.24, 2.45) is 0 Å². The van der Waals surface area contributed by atoms with E-state index in [1.54, 1.807) is 29.2 Å². The van der Waals surface area contributed by atoms with Gasteiger partial charge in [-0.1, -0.05) is 23.7 Å². The van der Waals surface area contributed by atoms with Crippen LogP contribution in [0, 0.1) is 0 Å². The Morgan fingerprint density at radius 2 is 1.96 bits per heavy atom. The summed E-state index contributed by atoms with van der Waals surface area (Å²) in [6, 6.07) is 12.4. The molecule has 0 N–H and O–H groups in total. The number of thioether (sulfide) groups is 1. The lowest BCUT2D eigenvalue weighted by atomic mass is 10.0. The predicted octanol–water partition coefficient (Wildman–Crippen LogP) is 3.66. The van der Waals surface area contributed by atoms with E-state index in [0.717, 1.165) is 29.0 Å². The fraction of sp³-hybridized carbons (Fsp3) is 0.316. The van der Waals surface area contributed by atoms with Crippen LogP contribution in [0.4, 0.5) is 5.69 Å². The Morgan fingerprint density at radius 1 is 1.22 bits per heavy atom. The fourth-order valence-corrected chi connectivity index (χ4v) is 5.05. The number of anilines is 1. The van der Waals surface area contributed by atoms with E-state index in [9.17, 15) is 13.2 Å². The monoisotopic (exact) mass is 424 g/mol. The van der Waals surface area contributed by atoms with E-state index in [0.29, 0.717) is 11.6 Å². The zero-order valence-electron chi connectivity index (χ0n) is 15.2. The van der Waals surface area contributed by atoms with E-state index in [1.165, 1.54) is 30.2 Å². The van der Waals surface area contributed by atoms with Gasteiger partial charge in [0.15, 0.2) is 0 Å². The maximum atomic E-state index is 12.8. The van der Waals surface area contributed by atoms with Gasteiger partial charge in [0, 0.05) is 31.2 Å². The van der Waals surface area contributed by atoms with Crippen LogP contribution in [0.1, 0.15) is 12.0 Å². The largest absolute Gasteiger partial charge is 0.311 e. The number of hydrogen-bond acceptors (Lipinski definition) is 4. The van der Waals surface area contributed by atoms with Gasteiger partial charge in [-0.25, -0.2) is 12.7 Å². The molecule has 1 aliphatic heterocycles. The minimum Gasteiger partial charge on any atom is -0.311 e. The fourth-order valence-electron chi connectivity index (χ4n) is 2.98. The van der Waals surface area contributed by atoms with Crippen LogP contribution in [0.5, 0.6) is 0 Å². The molecule has 0 bridgehead atoms. The summed E-state index contributed by atoms with van der Waals surface area (Å²) in [5, 5.41) is 0.632. The smallest absolute Gasteiger partial charge is 0.242 e. The molecular formula is C19H21ClN2O3S2. The van der Waals surface area contributed by atoms with Gasteiger partial charge in [0.1, 0.15) is 0 Å². The van der Waals surface area contributed by atoms with Crippen molar-refractivity contribution in [2.75, 3.05) is 31.3 Å². The number of sulfonamides is 1. The van der Waals surface area contributed by atoms with Crippen molar-refractivity contribution >= 4 is 45.0 Å². The summed E-state index contributed by atoms with van der Waals surface area (Å²) in [7, 11) is -0.467. The lowest BCUT2D eigenvalue weighted by molar-refractivity contribution is -0.116. The Hall–Kier alpha value is -1.54. The Labute approximate surface area is 169 Å². The van der Waals surface area contributed by atoms with Gasteiger partial charge >= 0.3 is 0 Å². The Kier molecular flexibility index (Phi) is 6.15. The van der Waals surface area contributed by atoms with Crippen molar-refractivity contribution in [1.29, 1.82) is 0 Å². The molecular weight excluding hydrogens is 404 g/mol. The first kappa shape index (κ1) is 20.2. The van der Waals surface area contributed by atoms with Gasteiger partial charge in [0.2, 0.25) is 15.9 Å². The van der Waals surface area contributed by atoms with Crippen LogP contribution in [0.25, 0.3) is 0 Å². The molecule has 3 rings (SSSR count). The number of carbonyl (C=O) groups excluding carboxylic acids is 1. The Morgan fingerprint density at radius 3 is 2.67 bits per heavy atom. The van der Waals surface area contributed by atoms with Crippen molar-refractivity contribution in [3.05, 3.63) is 53.1 Å². The number of halogens is 1. The summed E-state index contributed by atoms with van der Waals surface area (Å²) < 4.78 is 25.9. The van der Waals surface area contributed by atoms with Gasteiger partial charge in [0.05, 0.1) is 15.7 Å². The average molecular weight is 425 g/mol. The van der Waals surface area contributed by atoms with Crippen LogP contribution >= 0.6 is 23.4 Å². The average Bonchev–Trinajstić information content (AvgIpc) is 2.66. The van der Waals surface area contributed by atoms with Crippen molar-refractivity contribution in [1.82, 2.24) is 4.31 Å². The van der Waals surface area contributed by atoms with Gasteiger partial charge in [-0.15, -0.1) is 11.8 Å². The molecule has 1 aliphatic rings. The number of carbonyl (C=O) groups is 1. The van der Waals surface area contributed by atoms with Crippen molar-refractivity contribution in [3.63, 3.8) is 0 Å². The van der Waals surface area contributed by atoms with E-state index >= 15 is 0 Å². The van der Waals surface area contributed by atoms with Crippen molar-refractivity contribution in [3.8, 4) is 0 Å². The van der Waals surface area contributed by atoms with Crippen LogP contribution < -0.4 is 4.90 Å². The van der Waals surface area contributed by atoms with E-state index in [2.05, 4.69) is 0 Å². The lowest BCUT2D eigenvalue weighted by Crippen LogP contribution is -2.36. The van der Waals surface area contributed by atoms with Crippen LogP contribution in [-0.4, -0.2) is 45.0 Å². The van der Waals surface area contributed by atoms with E-state index in [4.69, 9.17) is 11.6 Å². The highest BCUT2D eigenvalue weighted by molar-refractivity contribution is 8.00. The van der Waals surface area contributed by atoms with E-state index in [-0.39, 0.29) is 16.6 Å². The molecule has 1 amide bonds. The molecule has 0 aliphatic carbocycles. The quantitative estimate of drug-likeness (QED) is 0.687. The molecule has 27 heavy (non-hydrogen) atoms. The molecule has 0 atom stereocenters. The molecule has 0 radical (unpaired) electrons. The molecule has 2 aromatic carbocycles. The summed E-state index contributed by atoms with van der Waals surface area (Å²) in [6.07, 6.45) is 1.56. The first-order valence-corrected chi connectivity index (χ1v) is 11.3. The second kappa shape index (κ2) is 8.22. The molecule has 5 nitrogen and oxygen atoms in total. The first-order valence-electron chi connectivity index (χ1n) is 8.54. The lowest BCUT2D eigenvalue weighted by Gasteiger charge is -2.30. The highest BCUT2D eigenvalue weighted by atomic mass is 35.5. The number of aryl methyl sites for hydroxylation is 1. The highest BCUT2D eigenvalue weighted by Gasteiger charge is 2.25. The maximum Gasteiger partial charge on any atom is 0.242 e. The van der Waals surface area contributed by atoms with Crippen LogP contribution in [0.15, 0.2) is 52.3 Å². The standard InChI is InChI=1S/C19H21ClN2O3S2/c1-21(2)27(24,25)15-9-10-17-14(12-15)6-5-11-22(17)19(23)13-26-18-8-4-3-7-16(18)20/h3-4,7-10,12H,5-6,11,13H2,1-2H3. The number of nitrogens with zero attached hydrogens (tertiary/aromatic N) is 2. The summed E-state index contributed by atoms with van der Waals surface area (Å²) >= 11 is 7.56. The normalized spacial score (nSPS) is 14.3. The number of fused-ring (bicyclic) bond motifs is 1.